The standard InChI is InChI=1S/C13H16F2N2O.ClH/c14-9-3-4-12(15)11(8-9)13(18)17-7-5-10-2-1-6-16-10;/h3-4,8,10,16H,1-2,5-7H2,(H,17,18);1H/t10-;/m1./s1. The van der Waals surface area contributed by atoms with Crippen molar-refractivity contribution in [2.24, 2.45) is 0 Å². The molecular weight excluding hydrogens is 274 g/mol. The lowest BCUT2D eigenvalue weighted by Crippen LogP contribution is -2.31. The first-order valence-corrected chi connectivity index (χ1v) is 6.13. The zero-order valence-corrected chi connectivity index (χ0v) is 11.2. The van der Waals surface area contributed by atoms with Crippen LogP contribution in [0.15, 0.2) is 18.2 Å². The van der Waals surface area contributed by atoms with Gasteiger partial charge in [0.15, 0.2) is 0 Å². The number of carbonyl (C=O) groups excluding carboxylic acids is 1. The van der Waals surface area contributed by atoms with Gasteiger partial charge in [-0.2, -0.15) is 0 Å². The van der Waals surface area contributed by atoms with E-state index in [9.17, 15) is 13.6 Å². The van der Waals surface area contributed by atoms with Crippen molar-refractivity contribution in [1.82, 2.24) is 10.6 Å². The fourth-order valence-corrected chi connectivity index (χ4v) is 2.13. The molecule has 2 rings (SSSR count). The van der Waals surface area contributed by atoms with E-state index in [0.717, 1.165) is 44.0 Å². The van der Waals surface area contributed by atoms with E-state index in [2.05, 4.69) is 10.6 Å². The summed E-state index contributed by atoms with van der Waals surface area (Å²) in [5.74, 6) is -1.88. The van der Waals surface area contributed by atoms with Crippen LogP contribution in [-0.4, -0.2) is 25.0 Å². The van der Waals surface area contributed by atoms with Gasteiger partial charge in [-0.15, -0.1) is 12.4 Å². The van der Waals surface area contributed by atoms with E-state index >= 15 is 0 Å². The maximum atomic E-state index is 13.3. The van der Waals surface area contributed by atoms with E-state index in [1.807, 2.05) is 0 Å². The molecule has 2 N–H and O–H groups in total. The SMILES string of the molecule is Cl.O=C(NCC[C@H]1CCCN1)c1cc(F)ccc1F. The van der Waals surface area contributed by atoms with Gasteiger partial charge < -0.3 is 10.6 Å². The van der Waals surface area contributed by atoms with Crippen LogP contribution in [0.2, 0.25) is 0 Å². The Morgan fingerprint density at radius 1 is 1.42 bits per heavy atom. The highest BCUT2D eigenvalue weighted by molar-refractivity contribution is 5.94. The lowest BCUT2D eigenvalue weighted by molar-refractivity contribution is 0.0948. The third kappa shape index (κ3) is 4.44. The molecule has 1 heterocycles. The number of benzene rings is 1. The summed E-state index contributed by atoms with van der Waals surface area (Å²) < 4.78 is 26.2. The second-order valence-electron chi connectivity index (χ2n) is 4.46. The summed E-state index contributed by atoms with van der Waals surface area (Å²) in [7, 11) is 0. The number of amides is 1. The molecule has 1 aromatic rings. The first kappa shape index (κ1) is 15.9. The molecule has 0 spiro atoms. The molecule has 106 valence electrons. The van der Waals surface area contributed by atoms with Gasteiger partial charge in [0.1, 0.15) is 11.6 Å². The zero-order valence-electron chi connectivity index (χ0n) is 10.4. The predicted molar refractivity (Wildman–Crippen MR) is 71.6 cm³/mol. The quantitative estimate of drug-likeness (QED) is 0.893. The summed E-state index contributed by atoms with van der Waals surface area (Å²) in [6, 6.07) is 3.29. The van der Waals surface area contributed by atoms with E-state index in [0.29, 0.717) is 12.6 Å². The molecule has 0 aromatic heterocycles. The van der Waals surface area contributed by atoms with Gasteiger partial charge in [0.25, 0.3) is 5.91 Å². The third-order valence-electron chi connectivity index (χ3n) is 3.11. The Morgan fingerprint density at radius 3 is 2.89 bits per heavy atom. The first-order valence-electron chi connectivity index (χ1n) is 6.13. The number of rotatable bonds is 4. The predicted octanol–water partition coefficient (Wildman–Crippen LogP) is 2.26. The van der Waals surface area contributed by atoms with Crippen molar-refractivity contribution in [2.75, 3.05) is 13.1 Å². The molecule has 1 aliphatic rings. The molecule has 1 saturated heterocycles. The highest BCUT2D eigenvalue weighted by Crippen LogP contribution is 2.10. The van der Waals surface area contributed by atoms with Crippen LogP contribution < -0.4 is 10.6 Å². The average molecular weight is 291 g/mol. The Kier molecular flexibility index (Phi) is 6.18. The first-order chi connectivity index (χ1) is 8.66. The topological polar surface area (TPSA) is 41.1 Å². The molecule has 6 heteroatoms. The minimum atomic E-state index is -0.701. The van der Waals surface area contributed by atoms with Crippen LogP contribution in [0.25, 0.3) is 0 Å². The van der Waals surface area contributed by atoms with E-state index in [-0.39, 0.29) is 18.0 Å². The molecule has 1 atom stereocenters. The molecular formula is C13H17ClF2N2O. The van der Waals surface area contributed by atoms with Gasteiger partial charge in [-0.1, -0.05) is 0 Å². The summed E-state index contributed by atoms with van der Waals surface area (Å²) in [4.78, 5) is 11.7. The number of hydrogen-bond acceptors (Lipinski definition) is 2. The molecule has 0 bridgehead atoms. The van der Waals surface area contributed by atoms with Gasteiger partial charge in [0, 0.05) is 12.6 Å². The highest BCUT2D eigenvalue weighted by Gasteiger charge is 2.15. The molecule has 0 unspecified atom stereocenters. The normalized spacial score (nSPS) is 17.9. The zero-order chi connectivity index (χ0) is 13.0. The number of nitrogens with one attached hydrogen (secondary N) is 2. The summed E-state index contributed by atoms with van der Waals surface area (Å²) in [5, 5.41) is 5.91. The third-order valence-corrected chi connectivity index (χ3v) is 3.11. The fourth-order valence-electron chi connectivity index (χ4n) is 2.13. The molecule has 1 amide bonds. The van der Waals surface area contributed by atoms with Crippen molar-refractivity contribution >= 4 is 18.3 Å². The van der Waals surface area contributed by atoms with Crippen molar-refractivity contribution in [3.05, 3.63) is 35.4 Å². The van der Waals surface area contributed by atoms with E-state index in [4.69, 9.17) is 0 Å². The van der Waals surface area contributed by atoms with Gasteiger partial charge in [-0.05, 0) is 44.0 Å². The van der Waals surface area contributed by atoms with Crippen molar-refractivity contribution in [3.63, 3.8) is 0 Å². The van der Waals surface area contributed by atoms with Gasteiger partial charge in [-0.25, -0.2) is 8.78 Å². The van der Waals surface area contributed by atoms with Gasteiger partial charge in [0.05, 0.1) is 5.56 Å². The van der Waals surface area contributed by atoms with Crippen LogP contribution in [0.5, 0.6) is 0 Å². The molecule has 1 aromatic carbocycles. The van der Waals surface area contributed by atoms with Crippen LogP contribution >= 0.6 is 12.4 Å². The maximum Gasteiger partial charge on any atom is 0.254 e. The van der Waals surface area contributed by atoms with Crippen LogP contribution in [0.1, 0.15) is 29.6 Å². The van der Waals surface area contributed by atoms with E-state index in [1.54, 1.807) is 0 Å². The van der Waals surface area contributed by atoms with Gasteiger partial charge >= 0.3 is 0 Å². The Balaban J connectivity index is 0.00000180. The second kappa shape index (κ2) is 7.40. The highest BCUT2D eigenvalue weighted by atomic mass is 35.5. The molecule has 19 heavy (non-hydrogen) atoms. The Morgan fingerprint density at radius 2 is 2.21 bits per heavy atom. The van der Waals surface area contributed by atoms with E-state index in [1.165, 1.54) is 0 Å². The van der Waals surface area contributed by atoms with Crippen molar-refractivity contribution in [3.8, 4) is 0 Å². The second-order valence-corrected chi connectivity index (χ2v) is 4.46. The minimum Gasteiger partial charge on any atom is -0.352 e. The lowest BCUT2D eigenvalue weighted by atomic mass is 10.1. The van der Waals surface area contributed by atoms with Crippen molar-refractivity contribution in [1.29, 1.82) is 0 Å². The maximum absolute atomic E-state index is 13.3. The largest absolute Gasteiger partial charge is 0.352 e. The Bertz CT molecular complexity index is 437. The number of carbonyl (C=O) groups is 1. The Hall–Kier alpha value is -1.20. The molecule has 1 aliphatic heterocycles. The summed E-state index contributed by atoms with van der Waals surface area (Å²) in [6.07, 6.45) is 3.06. The van der Waals surface area contributed by atoms with Crippen LogP contribution in [0, 0.1) is 11.6 Å². The average Bonchev–Trinajstić information content (AvgIpc) is 2.85. The fraction of sp³-hybridized carbons (Fsp3) is 0.462. The Labute approximate surface area is 117 Å². The molecule has 0 saturated carbocycles. The van der Waals surface area contributed by atoms with Crippen LogP contribution in [-0.2, 0) is 0 Å². The molecule has 0 radical (unpaired) electrons. The summed E-state index contributed by atoms with van der Waals surface area (Å²) in [6.45, 7) is 1.48. The molecule has 3 nitrogen and oxygen atoms in total. The summed E-state index contributed by atoms with van der Waals surface area (Å²) in [5.41, 5.74) is -0.241. The number of hydrogen-bond donors (Lipinski definition) is 2. The van der Waals surface area contributed by atoms with Gasteiger partial charge in [-0.3, -0.25) is 4.79 Å². The summed E-state index contributed by atoms with van der Waals surface area (Å²) >= 11 is 0. The lowest BCUT2D eigenvalue weighted by Gasteiger charge is -2.11. The molecule has 1 fully saturated rings. The minimum absolute atomic E-state index is 0. The van der Waals surface area contributed by atoms with Crippen LogP contribution in [0.4, 0.5) is 8.78 Å². The molecule has 0 aliphatic carbocycles. The van der Waals surface area contributed by atoms with Crippen molar-refractivity contribution < 1.29 is 13.6 Å². The number of halogens is 3. The van der Waals surface area contributed by atoms with Gasteiger partial charge in [0.2, 0.25) is 0 Å². The van der Waals surface area contributed by atoms with Crippen molar-refractivity contribution in [2.45, 2.75) is 25.3 Å². The van der Waals surface area contributed by atoms with E-state index < -0.39 is 17.5 Å². The monoisotopic (exact) mass is 290 g/mol. The smallest absolute Gasteiger partial charge is 0.254 e. The van der Waals surface area contributed by atoms with Crippen LogP contribution in [0.3, 0.4) is 0 Å².